The molecule has 0 bridgehead atoms. The largest absolute Gasteiger partial charge is 0.311 e. The molecular weight excluding hydrogens is 274 g/mol. The fraction of sp³-hybridized carbons (Fsp3) is 1.00. The summed E-state index contributed by atoms with van der Waals surface area (Å²) < 4.78 is 25.0. The van der Waals surface area contributed by atoms with Gasteiger partial charge in [-0.25, -0.2) is 12.7 Å². The van der Waals surface area contributed by atoms with Crippen molar-refractivity contribution in [1.82, 2.24) is 14.5 Å². The predicted molar refractivity (Wildman–Crippen MR) is 82.3 cm³/mol. The summed E-state index contributed by atoms with van der Waals surface area (Å²) in [4.78, 5) is 2.54. The highest BCUT2D eigenvalue weighted by Crippen LogP contribution is 2.21. The highest BCUT2D eigenvalue weighted by Gasteiger charge is 2.30. The fourth-order valence-electron chi connectivity index (χ4n) is 3.33. The predicted octanol–water partition coefficient (Wildman–Crippen LogP) is 0.730. The molecule has 118 valence electrons. The molecule has 0 aromatic carbocycles. The topological polar surface area (TPSA) is 52.7 Å². The van der Waals surface area contributed by atoms with Crippen LogP contribution in [0.5, 0.6) is 0 Å². The van der Waals surface area contributed by atoms with E-state index in [1.807, 2.05) is 0 Å². The van der Waals surface area contributed by atoms with Crippen LogP contribution in [0, 0.1) is 5.92 Å². The van der Waals surface area contributed by atoms with E-state index in [0.29, 0.717) is 31.1 Å². The first kappa shape index (κ1) is 16.2. The van der Waals surface area contributed by atoms with Crippen LogP contribution in [-0.2, 0) is 10.0 Å². The lowest BCUT2D eigenvalue weighted by Gasteiger charge is -2.42. The number of rotatable bonds is 4. The van der Waals surface area contributed by atoms with Gasteiger partial charge in [0.25, 0.3) is 0 Å². The first-order valence-electron chi connectivity index (χ1n) is 7.82. The molecule has 0 amide bonds. The molecule has 0 radical (unpaired) electrons. The summed E-state index contributed by atoms with van der Waals surface area (Å²) in [6.07, 6.45) is 4.63. The van der Waals surface area contributed by atoms with Crippen molar-refractivity contribution in [2.45, 2.75) is 45.2 Å². The summed E-state index contributed by atoms with van der Waals surface area (Å²) in [7, 11) is -3.03. The number of hydrogen-bond acceptors (Lipinski definition) is 4. The molecule has 0 saturated carbocycles. The standard InChI is InChI=1S/C14H29N3O2S/c1-4-14-11-16(12(2)8-15-14)9-13-6-5-7-17(10-13)20(3,18)19/h12-15H,4-11H2,1-3H3. The Morgan fingerprint density at radius 3 is 2.70 bits per heavy atom. The minimum atomic E-state index is -3.03. The van der Waals surface area contributed by atoms with Gasteiger partial charge >= 0.3 is 0 Å². The van der Waals surface area contributed by atoms with Gasteiger partial charge in [-0.05, 0) is 32.1 Å². The van der Waals surface area contributed by atoms with E-state index < -0.39 is 10.0 Å². The third kappa shape index (κ3) is 4.16. The maximum Gasteiger partial charge on any atom is 0.211 e. The normalized spacial score (nSPS) is 34.2. The molecule has 0 aliphatic carbocycles. The lowest BCUT2D eigenvalue weighted by Crippen LogP contribution is -2.57. The summed E-state index contributed by atoms with van der Waals surface area (Å²) in [5.74, 6) is 0.483. The van der Waals surface area contributed by atoms with Crippen LogP contribution in [-0.4, -0.2) is 68.7 Å². The molecular formula is C14H29N3O2S. The van der Waals surface area contributed by atoms with E-state index in [1.165, 1.54) is 6.26 Å². The second-order valence-corrected chi connectivity index (χ2v) is 8.43. The molecule has 2 heterocycles. The first-order valence-corrected chi connectivity index (χ1v) is 9.67. The number of piperidine rings is 1. The maximum absolute atomic E-state index is 11.7. The molecule has 0 aromatic heterocycles. The Morgan fingerprint density at radius 1 is 1.30 bits per heavy atom. The smallest absolute Gasteiger partial charge is 0.211 e. The van der Waals surface area contributed by atoms with Crippen LogP contribution in [0.15, 0.2) is 0 Å². The number of nitrogens with one attached hydrogen (secondary N) is 1. The quantitative estimate of drug-likeness (QED) is 0.832. The van der Waals surface area contributed by atoms with E-state index >= 15 is 0 Å². The van der Waals surface area contributed by atoms with Gasteiger partial charge in [-0.15, -0.1) is 0 Å². The molecule has 2 fully saturated rings. The first-order chi connectivity index (χ1) is 9.40. The Balaban J connectivity index is 1.91. The summed E-state index contributed by atoms with van der Waals surface area (Å²) in [5, 5.41) is 3.57. The van der Waals surface area contributed by atoms with Crippen LogP contribution in [0.1, 0.15) is 33.1 Å². The summed E-state index contributed by atoms with van der Waals surface area (Å²) in [6.45, 7) is 9.05. The van der Waals surface area contributed by atoms with E-state index in [1.54, 1.807) is 4.31 Å². The molecule has 2 aliphatic rings. The molecule has 2 rings (SSSR count). The SMILES string of the molecule is CCC1CN(CC2CCCN(S(C)(=O)=O)C2)C(C)CN1. The highest BCUT2D eigenvalue weighted by molar-refractivity contribution is 7.88. The number of sulfonamides is 1. The van der Waals surface area contributed by atoms with E-state index in [4.69, 9.17) is 0 Å². The second-order valence-electron chi connectivity index (χ2n) is 6.45. The molecule has 2 saturated heterocycles. The Bertz CT molecular complexity index is 413. The average molecular weight is 303 g/mol. The monoisotopic (exact) mass is 303 g/mol. The Kier molecular flexibility index (Phi) is 5.45. The molecule has 1 N–H and O–H groups in total. The van der Waals surface area contributed by atoms with Gasteiger partial charge in [0.15, 0.2) is 0 Å². The van der Waals surface area contributed by atoms with E-state index in [9.17, 15) is 8.42 Å². The van der Waals surface area contributed by atoms with Crippen molar-refractivity contribution in [1.29, 1.82) is 0 Å². The van der Waals surface area contributed by atoms with Gasteiger partial charge < -0.3 is 5.32 Å². The van der Waals surface area contributed by atoms with Gasteiger partial charge in [0.2, 0.25) is 10.0 Å². The molecule has 0 aromatic rings. The lowest BCUT2D eigenvalue weighted by atomic mass is 9.97. The highest BCUT2D eigenvalue weighted by atomic mass is 32.2. The number of nitrogens with zero attached hydrogens (tertiary/aromatic N) is 2. The van der Waals surface area contributed by atoms with Crippen LogP contribution >= 0.6 is 0 Å². The molecule has 3 unspecified atom stereocenters. The van der Waals surface area contributed by atoms with E-state index in [-0.39, 0.29) is 0 Å². The van der Waals surface area contributed by atoms with Crippen LogP contribution < -0.4 is 5.32 Å². The van der Waals surface area contributed by atoms with Crippen molar-refractivity contribution in [2.75, 3.05) is 39.0 Å². The molecule has 2 aliphatic heterocycles. The third-order valence-electron chi connectivity index (χ3n) is 4.72. The molecule has 5 nitrogen and oxygen atoms in total. The van der Waals surface area contributed by atoms with Crippen molar-refractivity contribution in [3.05, 3.63) is 0 Å². The van der Waals surface area contributed by atoms with Gasteiger partial charge in [-0.3, -0.25) is 4.90 Å². The van der Waals surface area contributed by atoms with Crippen LogP contribution in [0.3, 0.4) is 0 Å². The fourth-order valence-corrected chi connectivity index (χ4v) is 4.27. The minimum absolute atomic E-state index is 0.483. The molecule has 3 atom stereocenters. The zero-order valence-corrected chi connectivity index (χ0v) is 13.8. The summed E-state index contributed by atoms with van der Waals surface area (Å²) in [5.41, 5.74) is 0. The van der Waals surface area contributed by atoms with Gasteiger partial charge in [0.05, 0.1) is 6.26 Å². The van der Waals surface area contributed by atoms with Gasteiger partial charge in [-0.2, -0.15) is 0 Å². The van der Waals surface area contributed by atoms with E-state index in [2.05, 4.69) is 24.1 Å². The minimum Gasteiger partial charge on any atom is -0.311 e. The Hall–Kier alpha value is -0.170. The second kappa shape index (κ2) is 6.73. The van der Waals surface area contributed by atoms with Crippen LogP contribution in [0.25, 0.3) is 0 Å². The summed E-state index contributed by atoms with van der Waals surface area (Å²) >= 11 is 0. The third-order valence-corrected chi connectivity index (χ3v) is 5.99. The van der Waals surface area contributed by atoms with Gasteiger partial charge in [-0.1, -0.05) is 6.92 Å². The van der Waals surface area contributed by atoms with Crippen LogP contribution in [0.2, 0.25) is 0 Å². The molecule has 6 heteroatoms. The summed E-state index contributed by atoms with van der Waals surface area (Å²) in [6, 6.07) is 1.13. The Labute approximate surface area is 123 Å². The average Bonchev–Trinajstić information content (AvgIpc) is 2.41. The zero-order chi connectivity index (χ0) is 14.8. The lowest BCUT2D eigenvalue weighted by molar-refractivity contribution is 0.101. The van der Waals surface area contributed by atoms with Crippen LogP contribution in [0.4, 0.5) is 0 Å². The van der Waals surface area contributed by atoms with Gasteiger partial charge in [0, 0.05) is 44.8 Å². The molecule has 0 spiro atoms. The van der Waals surface area contributed by atoms with Crippen molar-refractivity contribution in [3.8, 4) is 0 Å². The number of piperazine rings is 1. The van der Waals surface area contributed by atoms with Crippen molar-refractivity contribution >= 4 is 10.0 Å². The van der Waals surface area contributed by atoms with Crippen molar-refractivity contribution in [3.63, 3.8) is 0 Å². The maximum atomic E-state index is 11.7. The van der Waals surface area contributed by atoms with Crippen molar-refractivity contribution in [2.24, 2.45) is 5.92 Å². The number of hydrogen-bond donors (Lipinski definition) is 1. The Morgan fingerprint density at radius 2 is 2.05 bits per heavy atom. The van der Waals surface area contributed by atoms with Gasteiger partial charge in [0.1, 0.15) is 0 Å². The molecule has 20 heavy (non-hydrogen) atoms. The van der Waals surface area contributed by atoms with Crippen molar-refractivity contribution < 1.29 is 8.42 Å². The van der Waals surface area contributed by atoms with E-state index in [0.717, 1.165) is 38.9 Å². The zero-order valence-electron chi connectivity index (χ0n) is 13.0.